The molecule has 1 aliphatic heterocycles. The molecular weight excluding hydrogens is 496 g/mol. The fraction of sp³-hybridized carbons (Fsp3) is 0.310. The third-order valence-electron chi connectivity index (χ3n) is 5.71. The van der Waals surface area contributed by atoms with Crippen LogP contribution in [0.4, 0.5) is 5.82 Å². The van der Waals surface area contributed by atoms with Crippen molar-refractivity contribution in [2.45, 2.75) is 32.1 Å². The monoisotopic (exact) mass is 532 g/mol. The molecule has 0 aliphatic carbocycles. The largest absolute Gasteiger partial charge is 0.378 e. The van der Waals surface area contributed by atoms with E-state index in [0.29, 0.717) is 25.5 Å². The number of carbonyl (C=O) groups excluding carboxylic acids is 1. The highest BCUT2D eigenvalue weighted by Crippen LogP contribution is 2.34. The maximum Gasteiger partial charge on any atom is 0.220 e. The fourth-order valence-electron chi connectivity index (χ4n) is 3.88. The lowest BCUT2D eigenvalue weighted by molar-refractivity contribution is -0.118. The molecule has 38 heavy (non-hydrogen) atoms. The number of aromatic nitrogens is 2. The molecule has 0 spiro atoms. The molecule has 1 saturated heterocycles. The number of thioether (sulfide) groups is 1. The predicted molar refractivity (Wildman–Crippen MR) is 159 cm³/mol. The lowest BCUT2D eigenvalue weighted by Crippen LogP contribution is -2.37. The number of benzene rings is 1. The van der Waals surface area contributed by atoms with Crippen LogP contribution in [-0.4, -0.2) is 54.6 Å². The van der Waals surface area contributed by atoms with Crippen molar-refractivity contribution in [1.29, 1.82) is 0 Å². The number of morpholine rings is 1. The van der Waals surface area contributed by atoms with Crippen molar-refractivity contribution < 1.29 is 9.53 Å². The second kappa shape index (κ2) is 16.1. The molecule has 1 amide bonds. The lowest BCUT2D eigenvalue weighted by atomic mass is 10.1. The van der Waals surface area contributed by atoms with Gasteiger partial charge in [-0.15, -0.1) is 24.6 Å². The number of terminal acetylenes is 1. The maximum atomic E-state index is 11.5. The smallest absolute Gasteiger partial charge is 0.220 e. The minimum Gasteiger partial charge on any atom is -0.378 e. The Labute approximate surface area is 230 Å². The number of allylic oxidation sites excluding steroid dienone is 4. The normalized spacial score (nSPS) is 14.4. The second-order valence-corrected chi connectivity index (χ2v) is 8.94. The van der Waals surface area contributed by atoms with Gasteiger partial charge in [-0.05, 0) is 31.8 Å². The molecule has 1 aromatic heterocycles. The van der Waals surface area contributed by atoms with E-state index < -0.39 is 0 Å². The molecule has 200 valence electrons. The van der Waals surface area contributed by atoms with Crippen LogP contribution in [0.5, 0.6) is 0 Å². The number of nitrogens with one attached hydrogen (secondary N) is 1. The van der Waals surface area contributed by atoms with Crippen LogP contribution in [0.3, 0.4) is 0 Å². The van der Waals surface area contributed by atoms with Gasteiger partial charge in [0.05, 0.1) is 30.0 Å². The highest BCUT2D eigenvalue weighted by atomic mass is 32.2. The van der Waals surface area contributed by atoms with E-state index in [-0.39, 0.29) is 5.91 Å². The van der Waals surface area contributed by atoms with E-state index in [9.17, 15) is 4.79 Å². The second-order valence-electron chi connectivity index (χ2n) is 8.12. The number of carbonyl (C=O) groups is 1. The first-order chi connectivity index (χ1) is 18.5. The SMILES string of the molecule is C#C.C/C=C(/C=C/c1nc(-c2ccccc2/C=N\N)nc(N2CCOCC2)c1SC)C/C(=C\C)NC(C)=O. The number of hydrogen-bond acceptors (Lipinski definition) is 8. The summed E-state index contributed by atoms with van der Waals surface area (Å²) in [5, 5.41) is 6.61. The van der Waals surface area contributed by atoms with Gasteiger partial charge in [-0.1, -0.05) is 42.5 Å². The summed E-state index contributed by atoms with van der Waals surface area (Å²) >= 11 is 1.63. The minimum atomic E-state index is -0.0810. The van der Waals surface area contributed by atoms with Crippen LogP contribution in [-0.2, 0) is 9.53 Å². The van der Waals surface area contributed by atoms with Crippen LogP contribution in [0.1, 0.15) is 38.4 Å². The van der Waals surface area contributed by atoms with Crippen LogP contribution < -0.4 is 16.1 Å². The average molecular weight is 533 g/mol. The van der Waals surface area contributed by atoms with Gasteiger partial charge in [-0.25, -0.2) is 9.97 Å². The average Bonchev–Trinajstić information content (AvgIpc) is 2.95. The summed E-state index contributed by atoms with van der Waals surface area (Å²) < 4.78 is 5.58. The van der Waals surface area contributed by atoms with Gasteiger partial charge in [0.1, 0.15) is 5.82 Å². The van der Waals surface area contributed by atoms with E-state index >= 15 is 0 Å². The topological polar surface area (TPSA) is 106 Å². The Morgan fingerprint density at radius 2 is 1.92 bits per heavy atom. The Morgan fingerprint density at radius 3 is 2.53 bits per heavy atom. The first-order valence-corrected chi connectivity index (χ1v) is 13.4. The number of nitrogens with two attached hydrogens (primary N) is 1. The van der Waals surface area contributed by atoms with E-state index in [1.807, 2.05) is 68.7 Å². The highest BCUT2D eigenvalue weighted by molar-refractivity contribution is 7.98. The molecule has 1 fully saturated rings. The summed E-state index contributed by atoms with van der Waals surface area (Å²) in [6.07, 6.45) is 20.3. The number of ether oxygens (including phenoxy) is 1. The van der Waals surface area contributed by atoms with E-state index in [1.54, 1.807) is 18.0 Å². The molecule has 8 nitrogen and oxygen atoms in total. The molecule has 1 aliphatic rings. The van der Waals surface area contributed by atoms with Crippen molar-refractivity contribution in [2.75, 3.05) is 37.5 Å². The molecule has 0 atom stereocenters. The standard InChI is InChI=1S/C27H34N6O2S.C2H2/c1-5-20(17-22(6-2)30-19(3)34)11-12-24-25(36-4)27(33-13-15-35-16-14-33)32-26(31-24)23-10-8-7-9-21(23)18-29-28;1-2/h5-12,18H,13-17,28H2,1-4H3,(H,30,34);1-2H/b12-11+,20-5-,22-6+,29-18-;. The van der Waals surface area contributed by atoms with E-state index in [4.69, 9.17) is 20.5 Å². The zero-order valence-corrected chi connectivity index (χ0v) is 23.3. The van der Waals surface area contributed by atoms with Crippen molar-refractivity contribution >= 4 is 35.8 Å². The maximum absolute atomic E-state index is 11.5. The van der Waals surface area contributed by atoms with Gasteiger partial charge in [0, 0.05) is 43.3 Å². The van der Waals surface area contributed by atoms with E-state index in [2.05, 4.69) is 28.2 Å². The molecule has 0 radical (unpaired) electrons. The Balaban J connectivity index is 0.00000247. The molecule has 0 unspecified atom stereocenters. The summed E-state index contributed by atoms with van der Waals surface area (Å²) in [5.74, 6) is 6.88. The lowest BCUT2D eigenvalue weighted by Gasteiger charge is -2.30. The van der Waals surface area contributed by atoms with Crippen molar-refractivity contribution in [3.05, 3.63) is 65.0 Å². The molecule has 1 aromatic carbocycles. The first kappa shape index (κ1) is 30.4. The van der Waals surface area contributed by atoms with Crippen LogP contribution >= 0.6 is 11.8 Å². The molecular formula is C29H36N6O2S. The summed E-state index contributed by atoms with van der Waals surface area (Å²) in [4.78, 5) is 24.8. The first-order valence-electron chi connectivity index (χ1n) is 12.2. The van der Waals surface area contributed by atoms with Crippen molar-refractivity contribution in [3.8, 4) is 24.2 Å². The van der Waals surface area contributed by atoms with Crippen LogP contribution in [0.25, 0.3) is 17.5 Å². The Hall–Kier alpha value is -3.87. The molecule has 0 bridgehead atoms. The van der Waals surface area contributed by atoms with Crippen LogP contribution in [0, 0.1) is 12.8 Å². The van der Waals surface area contributed by atoms with Crippen molar-refractivity contribution in [2.24, 2.45) is 10.9 Å². The third kappa shape index (κ3) is 8.33. The zero-order chi connectivity index (χ0) is 27.9. The minimum absolute atomic E-state index is 0.0810. The molecule has 9 heteroatoms. The molecule has 2 heterocycles. The summed E-state index contributed by atoms with van der Waals surface area (Å²) in [6, 6.07) is 7.81. The van der Waals surface area contributed by atoms with Gasteiger partial charge in [0.2, 0.25) is 5.91 Å². The van der Waals surface area contributed by atoms with Gasteiger partial charge < -0.3 is 20.8 Å². The number of anilines is 1. The number of amides is 1. The van der Waals surface area contributed by atoms with Gasteiger partial charge in [0.15, 0.2) is 5.82 Å². The number of nitrogens with zero attached hydrogens (tertiary/aromatic N) is 4. The Morgan fingerprint density at radius 1 is 1.21 bits per heavy atom. The van der Waals surface area contributed by atoms with Gasteiger partial charge in [-0.3, -0.25) is 4.79 Å². The van der Waals surface area contributed by atoms with Gasteiger partial charge in [-0.2, -0.15) is 5.10 Å². The highest BCUT2D eigenvalue weighted by Gasteiger charge is 2.21. The van der Waals surface area contributed by atoms with Gasteiger partial charge in [0.25, 0.3) is 0 Å². The summed E-state index contributed by atoms with van der Waals surface area (Å²) in [7, 11) is 0. The number of rotatable bonds is 9. The molecule has 3 rings (SSSR count). The predicted octanol–water partition coefficient (Wildman–Crippen LogP) is 4.63. The van der Waals surface area contributed by atoms with E-state index in [1.165, 1.54) is 6.92 Å². The number of hydrazone groups is 1. The van der Waals surface area contributed by atoms with Crippen molar-refractivity contribution in [1.82, 2.24) is 15.3 Å². The van der Waals surface area contributed by atoms with Crippen molar-refractivity contribution in [3.63, 3.8) is 0 Å². The Kier molecular flexibility index (Phi) is 12.8. The molecule has 0 saturated carbocycles. The Bertz CT molecular complexity index is 1230. The zero-order valence-electron chi connectivity index (χ0n) is 22.5. The quantitative estimate of drug-likeness (QED) is 0.121. The molecule has 2 aromatic rings. The number of hydrogen-bond donors (Lipinski definition) is 2. The third-order valence-corrected chi connectivity index (χ3v) is 6.51. The summed E-state index contributed by atoms with van der Waals surface area (Å²) in [6.45, 7) is 8.27. The molecule has 3 N–H and O–H groups in total. The van der Waals surface area contributed by atoms with Gasteiger partial charge >= 0.3 is 0 Å². The van der Waals surface area contributed by atoms with Crippen LogP contribution in [0.15, 0.2) is 63.8 Å². The van der Waals surface area contributed by atoms with E-state index in [0.717, 1.165) is 51.9 Å². The van der Waals surface area contributed by atoms with Crippen LogP contribution in [0.2, 0.25) is 0 Å². The fourth-order valence-corrected chi connectivity index (χ4v) is 4.56. The summed E-state index contributed by atoms with van der Waals surface area (Å²) in [5.41, 5.74) is 4.46.